The molecule has 8 rings (SSSR count). The van der Waals surface area contributed by atoms with Crippen molar-refractivity contribution in [2.75, 3.05) is 13.2 Å². The van der Waals surface area contributed by atoms with Crippen molar-refractivity contribution in [2.45, 2.75) is 189 Å². The van der Waals surface area contributed by atoms with Crippen LogP contribution in [0.3, 0.4) is 0 Å². The monoisotopic (exact) mass is 1270 g/mol. The number of carbonyl (C=O) groups excluding carboxylic acids is 6. The van der Waals surface area contributed by atoms with Crippen molar-refractivity contribution in [1.29, 1.82) is 5.41 Å². The van der Waals surface area contributed by atoms with Gasteiger partial charge in [0.05, 0.1) is 41.7 Å². The number of amides is 6. The second kappa shape index (κ2) is 25.6. The van der Waals surface area contributed by atoms with Gasteiger partial charge in [-0.25, -0.2) is 9.55 Å². The van der Waals surface area contributed by atoms with E-state index in [-0.39, 0.29) is 77.2 Å². The molecule has 1 aromatic carbocycles. The van der Waals surface area contributed by atoms with Gasteiger partial charge in [-0.2, -0.15) is 0 Å². The van der Waals surface area contributed by atoms with Gasteiger partial charge >= 0.3 is 7.82 Å². The van der Waals surface area contributed by atoms with Crippen LogP contribution in [0.2, 0.25) is 0 Å². The molecule has 8 bridgehead atoms. The molecular formula is C62H89N13O14P-. The Morgan fingerprint density at radius 1 is 0.856 bits per heavy atom. The number of aliphatic imine (C=N–C) groups is 3. The van der Waals surface area contributed by atoms with Crippen molar-refractivity contribution in [1.82, 2.24) is 20.2 Å². The lowest BCUT2D eigenvalue weighted by molar-refractivity contribution is -0.220. The Balaban J connectivity index is 1.19. The normalized spacial score (nSPS) is 33.6. The lowest BCUT2D eigenvalue weighted by Gasteiger charge is -2.48. The number of ether oxygens (including phenoxy) is 1. The molecule has 27 nitrogen and oxygen atoms in total. The first-order valence-electron chi connectivity index (χ1n) is 30.5. The molecule has 6 aliphatic heterocycles. The fourth-order valence-corrected chi connectivity index (χ4v) is 16.6. The first-order valence-corrected chi connectivity index (χ1v) is 32.0. The maximum absolute atomic E-state index is 14.4. The number of primary amides is 5. The molecule has 6 amide bonds. The van der Waals surface area contributed by atoms with Gasteiger partial charge in [0.2, 0.25) is 35.4 Å². The van der Waals surface area contributed by atoms with Crippen LogP contribution in [0.5, 0.6) is 0 Å². The number of aliphatic hydroxyl groups is 2. The third kappa shape index (κ3) is 13.0. The van der Waals surface area contributed by atoms with E-state index in [0.29, 0.717) is 56.4 Å². The molecule has 0 saturated carbocycles. The van der Waals surface area contributed by atoms with Crippen molar-refractivity contribution in [3.63, 3.8) is 0 Å². The van der Waals surface area contributed by atoms with Crippen LogP contribution in [0, 0.1) is 64.6 Å². The maximum atomic E-state index is 14.4. The summed E-state index contributed by atoms with van der Waals surface area (Å²) in [7, 11) is -5.07. The van der Waals surface area contributed by atoms with Gasteiger partial charge in [-0.1, -0.05) is 34.6 Å². The summed E-state index contributed by atoms with van der Waals surface area (Å²) in [6.45, 7) is 19.2. The highest BCUT2D eigenvalue weighted by Gasteiger charge is 2.66. The first kappa shape index (κ1) is 68.9. The number of nitrogens with one attached hydrogen (secondary N) is 3. The van der Waals surface area contributed by atoms with Gasteiger partial charge < -0.3 is 74.2 Å². The van der Waals surface area contributed by atoms with E-state index >= 15 is 0 Å². The number of carbonyl (C=O) groups is 6. The molecule has 28 heteroatoms. The average Bonchev–Trinajstić information content (AvgIpc) is 1.53. The number of rotatable bonds is 26. The molecule has 492 valence electrons. The molecule has 2 fully saturated rings. The minimum Gasteiger partial charge on any atom is -0.862 e. The first-order chi connectivity index (χ1) is 41.8. The summed E-state index contributed by atoms with van der Waals surface area (Å²) in [5.74, 6) is -7.54. The third-order valence-electron chi connectivity index (χ3n) is 20.6. The van der Waals surface area contributed by atoms with Gasteiger partial charge in [-0.15, -0.1) is 0 Å². The number of phosphoric acid groups is 1. The van der Waals surface area contributed by atoms with Gasteiger partial charge in [0, 0.05) is 125 Å². The minimum atomic E-state index is -5.07. The maximum Gasteiger partial charge on any atom is 0.472 e. The predicted octanol–water partition coefficient (Wildman–Crippen LogP) is 3.02. The van der Waals surface area contributed by atoms with Crippen molar-refractivity contribution in [2.24, 2.45) is 89.0 Å². The standard InChI is InChI=1S/C62H90N13O14P/c1-29-20-39-40(21-30(29)2)75(28-70-39)57-52(84)53(41(27-76)87-57)89-90(85,86)88-31(3)26-69-49(83)18-19-59(8)37(22-46(66)80)56-62(11)61(10,25-48(68)82)36(14-17-45(65)79)51(74-62)33(5)55-60(9,24-47(67)81)34(12-15-43(63)77)38(71-55)23-42-58(6,7)35(13-16-44(64)78)50(72-42)32(4)54(59)73-56/h20-21,23,28,31,34-37,41,52-53,56-57,71,76,84H,12-19,22,24-27H2,1-11H3,(H2,63,77)(H2,64,78)(H2,65,79)(H2,66,80)(H2,67,81)(H2,68,82)(H,69,83)(H,85,86)/p-1/b38-23?,50-32-,55-33-/t31-,34-,35-,36-,37+,41-,52-,53-,56-,57-,59-,60+,61+,62-/m1/s1. The highest BCUT2D eigenvalue weighted by atomic mass is 31.2. The molecule has 0 spiro atoms. The second-order valence-corrected chi connectivity index (χ2v) is 28.4. The highest BCUT2D eigenvalue weighted by Crippen LogP contribution is 2.63. The molecule has 2 aromatic rings. The summed E-state index contributed by atoms with van der Waals surface area (Å²) in [4.78, 5) is 113. The summed E-state index contributed by atoms with van der Waals surface area (Å²) in [6.07, 6.45) is -4.54. The van der Waals surface area contributed by atoms with Gasteiger partial charge in [0.1, 0.15) is 18.3 Å². The fourth-order valence-electron chi connectivity index (χ4n) is 15.4. The van der Waals surface area contributed by atoms with Gasteiger partial charge in [-0.05, 0) is 120 Å². The summed E-state index contributed by atoms with van der Waals surface area (Å²) in [5, 5.41) is 48.7. The highest BCUT2D eigenvalue weighted by molar-refractivity contribution is 7.47. The second-order valence-electron chi connectivity index (χ2n) is 27.0. The molecule has 16 N–H and O–H groups in total. The molecular weight excluding hydrogens is 1180 g/mol. The number of fused-ring (bicyclic) bond motifs is 7. The van der Waals surface area contributed by atoms with Crippen molar-refractivity contribution >= 4 is 77.3 Å². The number of aliphatic hydroxyl groups excluding tert-OH is 2. The zero-order chi connectivity index (χ0) is 66.7. The van der Waals surface area contributed by atoms with E-state index < -0.39 is 143 Å². The average molecular weight is 1270 g/mol. The van der Waals surface area contributed by atoms with Crippen LogP contribution in [0.15, 0.2) is 67.8 Å². The van der Waals surface area contributed by atoms with Crippen LogP contribution in [-0.4, -0.2) is 132 Å². The number of benzene rings is 1. The molecule has 15 atom stereocenters. The van der Waals surface area contributed by atoms with Crippen molar-refractivity contribution < 1.29 is 67.3 Å². The molecule has 7 heterocycles. The number of hydrogen-bond acceptors (Lipinski definition) is 19. The Bertz CT molecular complexity index is 3540. The van der Waals surface area contributed by atoms with E-state index in [9.17, 15) is 53.5 Å². The smallest absolute Gasteiger partial charge is 0.472 e. The Morgan fingerprint density at radius 3 is 2.08 bits per heavy atom. The van der Waals surface area contributed by atoms with E-state index in [1.165, 1.54) is 13.3 Å². The molecule has 1 unspecified atom stereocenters. The lowest BCUT2D eigenvalue weighted by Crippen LogP contribution is -2.56. The Labute approximate surface area is 523 Å². The number of aromatic nitrogens is 2. The number of nitrogens with zero attached hydrogens (tertiary/aromatic N) is 5. The Kier molecular flexibility index (Phi) is 19.6. The minimum absolute atomic E-state index is 0.0165. The van der Waals surface area contributed by atoms with E-state index in [2.05, 4.69) is 15.6 Å². The Hall–Kier alpha value is -7.00. The number of imidazole rings is 1. The predicted molar refractivity (Wildman–Crippen MR) is 332 cm³/mol. The zero-order valence-electron chi connectivity index (χ0n) is 53.2. The van der Waals surface area contributed by atoms with Crippen LogP contribution in [0.25, 0.3) is 11.0 Å². The SMILES string of the molecule is C/C1=C2/N=C(C=C3N/C(=C(/C)C4=N[C@](C)([C@@H]5N=C1[C@](C)(CCC(=O)NC[C@@H](C)OP(=O)(O)O[C@H]1[C@@H](O)[C@H](n6cnc7cc(C)c(C)cc76)O[C@@H]1CO)[C@H]5CC(N)=O)[C@@](C)(CC(N)=O)[C@@H]4CCC(N)=O)[C@@](C)(CC(N)=O)[C@@H]3CCC(=N)[O-])C(C)(C)[C@@H]2CCC(N)=O. The quantitative estimate of drug-likeness (QED) is 0.0366. The largest absolute Gasteiger partial charge is 0.862 e. The number of phosphoric ester groups is 1. The van der Waals surface area contributed by atoms with Crippen LogP contribution in [-0.2, 0) is 47.1 Å². The number of hydrogen-bond donors (Lipinski definition) is 11. The molecule has 0 radical (unpaired) electrons. The molecule has 90 heavy (non-hydrogen) atoms. The third-order valence-corrected chi connectivity index (χ3v) is 21.7. The Morgan fingerprint density at radius 2 is 1.48 bits per heavy atom. The van der Waals surface area contributed by atoms with E-state index in [1.54, 1.807) is 11.5 Å². The topological polar surface area (TPSA) is 464 Å². The molecule has 6 aliphatic rings. The van der Waals surface area contributed by atoms with Crippen LogP contribution in [0.1, 0.15) is 150 Å². The fraction of sp³-hybridized carbons (Fsp3) is 0.629. The number of nitrogens with two attached hydrogens (primary N) is 5. The number of allylic oxidation sites excluding steroid dienone is 6. The summed E-state index contributed by atoms with van der Waals surface area (Å²) in [5.41, 5.74) is 31.3. The van der Waals surface area contributed by atoms with E-state index in [0.717, 1.165) is 11.1 Å². The van der Waals surface area contributed by atoms with Crippen LogP contribution in [0.4, 0.5) is 0 Å². The zero-order valence-corrected chi connectivity index (χ0v) is 54.1. The molecule has 0 aliphatic carbocycles. The molecule has 1 aromatic heterocycles. The number of aryl methyl sites for hydroxylation is 2. The van der Waals surface area contributed by atoms with Crippen LogP contribution >= 0.6 is 7.82 Å². The van der Waals surface area contributed by atoms with E-state index in [4.69, 9.17) is 62.8 Å². The summed E-state index contributed by atoms with van der Waals surface area (Å²) < 4.78 is 32.3. The van der Waals surface area contributed by atoms with E-state index in [1.807, 2.05) is 80.5 Å². The summed E-state index contributed by atoms with van der Waals surface area (Å²) in [6, 6.07) is 2.69. The van der Waals surface area contributed by atoms with Gasteiger partial charge in [0.15, 0.2) is 6.23 Å². The van der Waals surface area contributed by atoms with Crippen LogP contribution < -0.4 is 44.4 Å². The van der Waals surface area contributed by atoms with Crippen molar-refractivity contribution in [3.8, 4) is 0 Å². The molecule has 2 saturated heterocycles. The van der Waals surface area contributed by atoms with Gasteiger partial charge in [-0.3, -0.25) is 52.8 Å². The lowest BCUT2D eigenvalue weighted by atomic mass is 9.55. The summed E-state index contributed by atoms with van der Waals surface area (Å²) >= 11 is 0. The van der Waals surface area contributed by atoms with Crippen molar-refractivity contribution in [3.05, 3.63) is 63.9 Å². The van der Waals surface area contributed by atoms with Gasteiger partial charge in [0.25, 0.3) is 0 Å².